The smallest absolute Gasteiger partial charge is 0.0794 e. The molecule has 0 fully saturated rings. The predicted octanol–water partition coefficient (Wildman–Crippen LogP) is 3.44. The van der Waals surface area contributed by atoms with E-state index < -0.39 is 0 Å². The van der Waals surface area contributed by atoms with Gasteiger partial charge in [-0.3, -0.25) is 0 Å². The van der Waals surface area contributed by atoms with Crippen molar-refractivity contribution in [2.45, 2.75) is 33.6 Å². The Morgan fingerprint density at radius 3 is 2.55 bits per heavy atom. The highest BCUT2D eigenvalue weighted by atomic mass is 16.2. The van der Waals surface area contributed by atoms with Crippen LogP contribution in [-0.2, 0) is 0 Å². The number of aliphatic hydroxyl groups is 1. The van der Waals surface area contributed by atoms with Gasteiger partial charge in [-0.05, 0) is 31.8 Å². The minimum atomic E-state index is 0.761. The van der Waals surface area contributed by atoms with Gasteiger partial charge in [-0.25, -0.2) is 0 Å². The molecule has 0 saturated carbocycles. The zero-order chi connectivity index (χ0) is 8.69. The van der Waals surface area contributed by atoms with E-state index in [1.807, 2.05) is 6.92 Å². The van der Waals surface area contributed by atoms with E-state index in [1.165, 1.54) is 6.42 Å². The van der Waals surface area contributed by atoms with Gasteiger partial charge in [0.2, 0.25) is 0 Å². The van der Waals surface area contributed by atoms with Gasteiger partial charge in [-0.1, -0.05) is 25.5 Å². The molecule has 0 heterocycles. The van der Waals surface area contributed by atoms with Crippen LogP contribution in [0.1, 0.15) is 33.6 Å². The van der Waals surface area contributed by atoms with E-state index in [4.69, 9.17) is 5.11 Å². The molecule has 11 heavy (non-hydrogen) atoms. The fourth-order valence-corrected chi connectivity index (χ4v) is 0.830. The van der Waals surface area contributed by atoms with Crippen molar-refractivity contribution < 1.29 is 5.11 Å². The van der Waals surface area contributed by atoms with Gasteiger partial charge in [-0.15, -0.1) is 0 Å². The Labute approximate surface area is 69.4 Å². The zero-order valence-electron chi connectivity index (χ0n) is 7.67. The number of rotatable bonds is 4. The third-order valence-corrected chi connectivity index (χ3v) is 1.55. The van der Waals surface area contributed by atoms with Crippen LogP contribution in [0, 0.1) is 5.92 Å². The minimum absolute atomic E-state index is 0.761. The van der Waals surface area contributed by atoms with Crippen LogP contribution >= 0.6 is 0 Å². The first-order chi connectivity index (χ1) is 5.16. The van der Waals surface area contributed by atoms with E-state index in [0.717, 1.165) is 24.2 Å². The first-order valence-electron chi connectivity index (χ1n) is 4.14. The highest BCUT2D eigenvalue weighted by Crippen LogP contribution is 2.06. The Kier molecular flexibility index (Phi) is 5.63. The van der Waals surface area contributed by atoms with Gasteiger partial charge in [0, 0.05) is 0 Å². The fraction of sp³-hybridized carbons (Fsp3) is 0.600. The first kappa shape index (κ1) is 10.3. The van der Waals surface area contributed by atoms with Crippen LogP contribution in [0.15, 0.2) is 24.0 Å². The average molecular weight is 154 g/mol. The van der Waals surface area contributed by atoms with Crippen molar-refractivity contribution in [2.75, 3.05) is 0 Å². The summed E-state index contributed by atoms with van der Waals surface area (Å²) < 4.78 is 0. The Balaban J connectivity index is 3.56. The van der Waals surface area contributed by atoms with Crippen molar-refractivity contribution >= 4 is 0 Å². The van der Waals surface area contributed by atoms with Gasteiger partial charge in [0.25, 0.3) is 0 Å². The van der Waals surface area contributed by atoms with Gasteiger partial charge in [0.1, 0.15) is 0 Å². The second kappa shape index (κ2) is 6.02. The molecule has 64 valence electrons. The molecule has 0 aliphatic heterocycles. The summed E-state index contributed by atoms with van der Waals surface area (Å²) >= 11 is 0. The lowest BCUT2D eigenvalue weighted by atomic mass is 10.1. The first-order valence-corrected chi connectivity index (χ1v) is 4.14. The van der Waals surface area contributed by atoms with E-state index >= 15 is 0 Å². The molecule has 0 rings (SSSR count). The Bertz CT molecular complexity index is 143. The zero-order valence-corrected chi connectivity index (χ0v) is 7.67. The van der Waals surface area contributed by atoms with Gasteiger partial charge >= 0.3 is 0 Å². The topological polar surface area (TPSA) is 20.2 Å². The molecule has 1 N–H and O–H groups in total. The van der Waals surface area contributed by atoms with Crippen LogP contribution in [0.5, 0.6) is 0 Å². The number of hydrogen-bond acceptors (Lipinski definition) is 1. The van der Waals surface area contributed by atoms with Crippen LogP contribution in [0.2, 0.25) is 0 Å². The van der Waals surface area contributed by atoms with Crippen LogP contribution in [-0.4, -0.2) is 5.11 Å². The lowest BCUT2D eigenvalue weighted by Gasteiger charge is -1.99. The third kappa shape index (κ3) is 7.17. The van der Waals surface area contributed by atoms with Crippen molar-refractivity contribution in [3.05, 3.63) is 24.0 Å². The fourth-order valence-electron chi connectivity index (χ4n) is 0.830. The maximum absolute atomic E-state index is 8.42. The molecule has 0 saturated heterocycles. The molecular formula is C10H18O. The normalized spacial score (nSPS) is 13.3. The number of allylic oxidation sites excluding steroid dienone is 3. The van der Waals surface area contributed by atoms with Crippen LogP contribution in [0.4, 0.5) is 0 Å². The van der Waals surface area contributed by atoms with Crippen LogP contribution in [0.25, 0.3) is 0 Å². The molecule has 0 aliphatic carbocycles. The van der Waals surface area contributed by atoms with Crippen LogP contribution in [0.3, 0.4) is 0 Å². The number of aliphatic hydroxyl groups excluding tert-OH is 1. The summed E-state index contributed by atoms with van der Waals surface area (Å²) in [5.74, 6) is 0.761. The average Bonchev–Trinajstić information content (AvgIpc) is 1.87. The summed E-state index contributed by atoms with van der Waals surface area (Å²) in [5, 5.41) is 8.42. The van der Waals surface area contributed by atoms with Gasteiger partial charge in [-0.2, -0.15) is 0 Å². The molecule has 0 aliphatic rings. The lowest BCUT2D eigenvalue weighted by Crippen LogP contribution is -1.84. The SMILES string of the molecule is CC(/C=C\O)=C\CCC(C)C. The minimum Gasteiger partial charge on any atom is -0.516 e. The van der Waals surface area contributed by atoms with Gasteiger partial charge in [0.15, 0.2) is 0 Å². The molecule has 1 nitrogen and oxygen atoms in total. The molecular weight excluding hydrogens is 136 g/mol. The molecule has 0 aromatic rings. The summed E-state index contributed by atoms with van der Waals surface area (Å²) in [4.78, 5) is 0. The maximum Gasteiger partial charge on any atom is 0.0794 e. The molecule has 0 unspecified atom stereocenters. The van der Waals surface area contributed by atoms with E-state index in [1.54, 1.807) is 6.08 Å². The van der Waals surface area contributed by atoms with E-state index in [-0.39, 0.29) is 0 Å². The highest BCUT2D eigenvalue weighted by Gasteiger charge is 1.90. The van der Waals surface area contributed by atoms with Crippen LogP contribution < -0.4 is 0 Å². The van der Waals surface area contributed by atoms with Crippen molar-refractivity contribution in [1.29, 1.82) is 0 Å². The Morgan fingerprint density at radius 2 is 2.09 bits per heavy atom. The van der Waals surface area contributed by atoms with Crippen molar-refractivity contribution in [1.82, 2.24) is 0 Å². The summed E-state index contributed by atoms with van der Waals surface area (Å²) in [6.07, 6.45) is 7.26. The summed E-state index contributed by atoms with van der Waals surface area (Å²) in [7, 11) is 0. The summed E-state index contributed by atoms with van der Waals surface area (Å²) in [6.45, 7) is 6.42. The van der Waals surface area contributed by atoms with E-state index in [9.17, 15) is 0 Å². The summed E-state index contributed by atoms with van der Waals surface area (Å²) in [6, 6.07) is 0. The second-order valence-electron chi connectivity index (χ2n) is 3.24. The Morgan fingerprint density at radius 1 is 1.45 bits per heavy atom. The van der Waals surface area contributed by atoms with Crippen molar-refractivity contribution in [2.24, 2.45) is 5.92 Å². The van der Waals surface area contributed by atoms with E-state index in [0.29, 0.717) is 0 Å². The van der Waals surface area contributed by atoms with Gasteiger partial charge in [0.05, 0.1) is 6.26 Å². The monoisotopic (exact) mass is 154 g/mol. The molecule has 0 bridgehead atoms. The molecule has 0 radical (unpaired) electrons. The highest BCUT2D eigenvalue weighted by molar-refractivity contribution is 5.13. The van der Waals surface area contributed by atoms with Crippen molar-refractivity contribution in [3.8, 4) is 0 Å². The second-order valence-corrected chi connectivity index (χ2v) is 3.24. The quantitative estimate of drug-likeness (QED) is 0.486. The van der Waals surface area contributed by atoms with Gasteiger partial charge < -0.3 is 5.11 Å². The molecule has 0 atom stereocenters. The molecule has 0 aromatic heterocycles. The lowest BCUT2D eigenvalue weighted by molar-refractivity contribution is 0.473. The third-order valence-electron chi connectivity index (χ3n) is 1.55. The Hall–Kier alpha value is -0.720. The standard InChI is InChI=1S/C10H18O/c1-9(2)5-4-6-10(3)7-8-11/h6-9,11H,4-5H2,1-3H3/b8-7-,10-6+. The molecule has 0 amide bonds. The number of hydrogen-bond donors (Lipinski definition) is 1. The van der Waals surface area contributed by atoms with E-state index in [2.05, 4.69) is 19.9 Å². The van der Waals surface area contributed by atoms with Crippen molar-refractivity contribution in [3.63, 3.8) is 0 Å². The molecule has 0 spiro atoms. The molecule has 1 heteroatoms. The maximum atomic E-state index is 8.42. The molecule has 0 aromatic carbocycles. The largest absolute Gasteiger partial charge is 0.516 e. The predicted molar refractivity (Wildman–Crippen MR) is 49.6 cm³/mol. The summed E-state index contributed by atoms with van der Waals surface area (Å²) in [5.41, 5.74) is 1.13.